The van der Waals surface area contributed by atoms with E-state index in [2.05, 4.69) is 23.8 Å². The van der Waals surface area contributed by atoms with Gasteiger partial charge in [0.15, 0.2) is 0 Å². The predicted molar refractivity (Wildman–Crippen MR) is 50.4 cm³/mol. The van der Waals surface area contributed by atoms with Gasteiger partial charge in [-0.25, -0.2) is 0 Å². The first-order chi connectivity index (χ1) is 5.65. The Morgan fingerprint density at radius 2 is 2.17 bits per heavy atom. The van der Waals surface area contributed by atoms with Crippen molar-refractivity contribution in [1.82, 2.24) is 4.90 Å². The van der Waals surface area contributed by atoms with E-state index in [1.807, 2.05) is 0 Å². The van der Waals surface area contributed by atoms with Crippen LogP contribution in [-0.2, 0) is 0 Å². The molecule has 0 aromatic rings. The van der Waals surface area contributed by atoms with Crippen LogP contribution in [0, 0.1) is 5.92 Å². The monoisotopic (exact) mass is 170 g/mol. The molecule has 4 heteroatoms. The molecule has 0 heterocycles. The molecule has 0 spiro atoms. The molecule has 0 aromatic heterocycles. The fourth-order valence-corrected chi connectivity index (χ4v) is 1.28. The highest BCUT2D eigenvalue weighted by molar-refractivity contribution is 5.78. The van der Waals surface area contributed by atoms with Crippen LogP contribution in [0.3, 0.4) is 0 Å². The lowest BCUT2D eigenvalue weighted by atomic mass is 10.2. The fourth-order valence-electron chi connectivity index (χ4n) is 1.28. The Balaban J connectivity index is 2.48. The lowest BCUT2D eigenvalue weighted by Crippen LogP contribution is -2.41. The van der Waals surface area contributed by atoms with Crippen molar-refractivity contribution in [2.75, 3.05) is 6.54 Å². The van der Waals surface area contributed by atoms with Gasteiger partial charge in [-0.3, -0.25) is 0 Å². The summed E-state index contributed by atoms with van der Waals surface area (Å²) in [4.78, 5) is 2.10. The molecule has 1 saturated carbocycles. The van der Waals surface area contributed by atoms with E-state index in [0.29, 0.717) is 17.9 Å². The van der Waals surface area contributed by atoms with E-state index in [0.717, 1.165) is 6.54 Å². The van der Waals surface area contributed by atoms with Gasteiger partial charge in [0.1, 0.15) is 0 Å². The van der Waals surface area contributed by atoms with E-state index in [1.165, 1.54) is 12.8 Å². The molecule has 1 fully saturated rings. The highest BCUT2D eigenvalue weighted by atomic mass is 15.3. The number of hydrogen-bond acceptors (Lipinski definition) is 2. The van der Waals surface area contributed by atoms with Crippen molar-refractivity contribution in [3.63, 3.8) is 0 Å². The van der Waals surface area contributed by atoms with Crippen molar-refractivity contribution in [2.24, 2.45) is 22.6 Å². The summed E-state index contributed by atoms with van der Waals surface area (Å²) in [5.41, 5.74) is 5.66. The first kappa shape index (κ1) is 9.16. The summed E-state index contributed by atoms with van der Waals surface area (Å²) in [6.45, 7) is 5.29. The molecule has 1 rings (SSSR count). The summed E-state index contributed by atoms with van der Waals surface area (Å²) in [6, 6.07) is 0.597. The van der Waals surface area contributed by atoms with Gasteiger partial charge in [0.05, 0.1) is 0 Å². The minimum absolute atomic E-state index is 0.478. The van der Waals surface area contributed by atoms with Crippen molar-refractivity contribution < 1.29 is 0 Å². The lowest BCUT2D eigenvalue weighted by Gasteiger charge is -2.24. The Labute approximate surface area is 73.6 Å². The van der Waals surface area contributed by atoms with Crippen molar-refractivity contribution in [2.45, 2.75) is 32.7 Å². The van der Waals surface area contributed by atoms with Crippen molar-refractivity contribution in [3.8, 4) is 0 Å². The summed E-state index contributed by atoms with van der Waals surface area (Å²) in [7, 11) is 0. The second-order valence-electron chi connectivity index (χ2n) is 3.76. The highest BCUT2D eigenvalue weighted by Crippen LogP contribution is 2.27. The molecule has 0 aromatic carbocycles. The van der Waals surface area contributed by atoms with Crippen LogP contribution in [0.5, 0.6) is 0 Å². The number of hydrogen-bond donors (Lipinski definition) is 2. The third-order valence-corrected chi connectivity index (χ3v) is 1.98. The molecular formula is C8H18N4. The van der Waals surface area contributed by atoms with Crippen LogP contribution in [0.2, 0.25) is 0 Å². The van der Waals surface area contributed by atoms with Crippen LogP contribution in [0.15, 0.2) is 5.10 Å². The molecule has 0 amide bonds. The molecule has 0 radical (unpaired) electrons. The molecule has 4 nitrogen and oxygen atoms in total. The van der Waals surface area contributed by atoms with E-state index in [4.69, 9.17) is 11.6 Å². The first-order valence-corrected chi connectivity index (χ1v) is 4.45. The van der Waals surface area contributed by atoms with Gasteiger partial charge >= 0.3 is 0 Å². The fraction of sp³-hybridized carbons (Fsp3) is 0.875. The van der Waals surface area contributed by atoms with E-state index in [1.54, 1.807) is 0 Å². The second-order valence-corrected chi connectivity index (χ2v) is 3.76. The Morgan fingerprint density at radius 1 is 1.58 bits per heavy atom. The van der Waals surface area contributed by atoms with E-state index < -0.39 is 0 Å². The third-order valence-electron chi connectivity index (χ3n) is 1.98. The van der Waals surface area contributed by atoms with Crippen molar-refractivity contribution >= 4 is 5.96 Å². The maximum absolute atomic E-state index is 5.66. The molecule has 0 aliphatic heterocycles. The van der Waals surface area contributed by atoms with E-state index >= 15 is 0 Å². The summed E-state index contributed by atoms with van der Waals surface area (Å²) < 4.78 is 0. The van der Waals surface area contributed by atoms with Gasteiger partial charge in [0, 0.05) is 12.6 Å². The lowest BCUT2D eigenvalue weighted by molar-refractivity contribution is 0.352. The van der Waals surface area contributed by atoms with Gasteiger partial charge in [-0.05, 0) is 18.8 Å². The Bertz CT molecular complexity index is 172. The molecule has 70 valence electrons. The van der Waals surface area contributed by atoms with Crippen LogP contribution in [0.4, 0.5) is 0 Å². The van der Waals surface area contributed by atoms with E-state index in [9.17, 15) is 0 Å². The van der Waals surface area contributed by atoms with Crippen molar-refractivity contribution in [3.05, 3.63) is 0 Å². The average molecular weight is 170 g/mol. The van der Waals surface area contributed by atoms with Gasteiger partial charge in [-0.15, -0.1) is 5.10 Å². The summed E-state index contributed by atoms with van der Waals surface area (Å²) in [5.74, 6) is 6.22. The molecule has 12 heavy (non-hydrogen) atoms. The number of nitrogens with two attached hydrogens (primary N) is 2. The number of nitrogens with zero attached hydrogens (tertiary/aromatic N) is 2. The smallest absolute Gasteiger partial charge is 0.213 e. The van der Waals surface area contributed by atoms with Gasteiger partial charge in [-0.1, -0.05) is 13.8 Å². The zero-order valence-corrected chi connectivity index (χ0v) is 7.83. The largest absolute Gasteiger partial charge is 0.368 e. The zero-order chi connectivity index (χ0) is 9.14. The third kappa shape index (κ3) is 2.29. The number of hydrazone groups is 1. The maximum atomic E-state index is 5.66. The summed E-state index contributed by atoms with van der Waals surface area (Å²) in [5, 5.41) is 3.52. The summed E-state index contributed by atoms with van der Waals surface area (Å²) in [6.07, 6.45) is 2.45. The molecule has 0 saturated heterocycles. The van der Waals surface area contributed by atoms with Crippen LogP contribution in [0.1, 0.15) is 26.7 Å². The highest BCUT2D eigenvalue weighted by Gasteiger charge is 2.30. The number of rotatable bonds is 3. The van der Waals surface area contributed by atoms with Gasteiger partial charge in [0.25, 0.3) is 0 Å². The van der Waals surface area contributed by atoms with Gasteiger partial charge < -0.3 is 16.5 Å². The number of guanidine groups is 1. The van der Waals surface area contributed by atoms with Crippen LogP contribution in [-0.4, -0.2) is 23.4 Å². The molecular weight excluding hydrogens is 152 g/mol. The maximum Gasteiger partial charge on any atom is 0.213 e. The average Bonchev–Trinajstić information content (AvgIpc) is 2.81. The van der Waals surface area contributed by atoms with Crippen molar-refractivity contribution in [1.29, 1.82) is 0 Å². The van der Waals surface area contributed by atoms with Crippen LogP contribution < -0.4 is 11.6 Å². The van der Waals surface area contributed by atoms with Gasteiger partial charge in [0.2, 0.25) is 5.96 Å². The molecule has 1 aliphatic carbocycles. The van der Waals surface area contributed by atoms with Crippen LogP contribution in [0.25, 0.3) is 0 Å². The Morgan fingerprint density at radius 3 is 2.50 bits per heavy atom. The Kier molecular flexibility index (Phi) is 2.78. The van der Waals surface area contributed by atoms with Crippen LogP contribution >= 0.6 is 0 Å². The summed E-state index contributed by atoms with van der Waals surface area (Å²) >= 11 is 0. The molecule has 0 bridgehead atoms. The quantitative estimate of drug-likeness (QED) is 0.277. The minimum atomic E-state index is 0.478. The predicted octanol–water partition coefficient (Wildman–Crippen LogP) is 0.295. The molecule has 1 aliphatic rings. The topological polar surface area (TPSA) is 67.6 Å². The standard InChI is InChI=1S/C8H18N4/c1-6(2)5-12(7-3-4-7)8(9)11-10/h6-7H,3-5,10H2,1-2H3,(H2,9,11). The normalized spacial score (nSPS) is 18.4. The first-order valence-electron chi connectivity index (χ1n) is 4.45. The van der Waals surface area contributed by atoms with Gasteiger partial charge in [-0.2, -0.15) is 0 Å². The molecule has 4 N–H and O–H groups in total. The molecule has 0 atom stereocenters. The molecule has 0 unspecified atom stereocenters. The SMILES string of the molecule is CC(C)CN(C(N)=NN)C1CC1. The van der Waals surface area contributed by atoms with E-state index in [-0.39, 0.29) is 0 Å². The second kappa shape index (κ2) is 3.65. The zero-order valence-electron chi connectivity index (χ0n) is 7.83. The Hall–Kier alpha value is -0.930. The minimum Gasteiger partial charge on any atom is -0.368 e.